The number of hydrogen-bond acceptors (Lipinski definition) is 8. The van der Waals surface area contributed by atoms with Gasteiger partial charge in [-0.3, -0.25) is 9.45 Å². The van der Waals surface area contributed by atoms with Crippen LogP contribution in [0.15, 0.2) is 0 Å². The molecule has 3 N–H and O–H groups in total. The van der Waals surface area contributed by atoms with E-state index in [1.165, 1.54) is 0 Å². The van der Waals surface area contributed by atoms with Gasteiger partial charge < -0.3 is 10.2 Å². The van der Waals surface area contributed by atoms with Crippen LogP contribution in [0.25, 0.3) is 0 Å². The Bertz CT molecular complexity index is 392. The van der Waals surface area contributed by atoms with E-state index in [1.54, 1.807) is 4.90 Å². The lowest BCUT2D eigenvalue weighted by Crippen LogP contribution is -2.57. The van der Waals surface area contributed by atoms with E-state index in [0.717, 1.165) is 12.0 Å². The molecule has 1 aliphatic rings. The van der Waals surface area contributed by atoms with Crippen molar-refractivity contribution in [1.29, 1.82) is 0 Å². The Morgan fingerprint density at radius 2 is 2.21 bits per heavy atom. The second kappa shape index (κ2) is 8.16. The lowest BCUT2D eigenvalue weighted by Gasteiger charge is -2.37. The standard InChI is InChI=1S/C7H15N3O6S3/c11-15-16-18-3-1-9-5-8-7(17)10(6-9)2-4-19(12,13)14/h11H,1-6H2,(H,8,17)(H,12,13,14). The van der Waals surface area contributed by atoms with E-state index in [9.17, 15) is 8.42 Å². The van der Waals surface area contributed by atoms with Crippen molar-refractivity contribution < 1.29 is 27.6 Å². The molecule has 9 nitrogen and oxygen atoms in total. The van der Waals surface area contributed by atoms with E-state index in [4.69, 9.17) is 22.0 Å². The molecule has 0 aromatic heterocycles. The molecule has 1 saturated heterocycles. The molecule has 0 amide bonds. The highest BCUT2D eigenvalue weighted by Crippen LogP contribution is 2.06. The SMILES string of the molecule is O=S(=O)(O)CCN1CN(CCSOOO)CNC1=S. The molecule has 19 heavy (non-hydrogen) atoms. The van der Waals surface area contributed by atoms with Crippen molar-refractivity contribution in [3.05, 3.63) is 0 Å². The van der Waals surface area contributed by atoms with Gasteiger partial charge >= 0.3 is 0 Å². The zero-order valence-electron chi connectivity index (χ0n) is 9.89. The van der Waals surface area contributed by atoms with Crippen molar-refractivity contribution >= 4 is 39.5 Å². The minimum absolute atomic E-state index is 0.116. The zero-order chi connectivity index (χ0) is 14.3. The smallest absolute Gasteiger partial charge is 0.266 e. The molecule has 0 unspecified atom stereocenters. The summed E-state index contributed by atoms with van der Waals surface area (Å²) in [6.45, 7) is 1.71. The summed E-state index contributed by atoms with van der Waals surface area (Å²) in [7, 11) is -4.00. The number of hydrogen-bond donors (Lipinski definition) is 3. The Kier molecular flexibility index (Phi) is 7.23. The van der Waals surface area contributed by atoms with Crippen LogP contribution in [-0.2, 0) is 19.5 Å². The third-order valence-electron chi connectivity index (χ3n) is 2.30. The second-order valence-corrected chi connectivity index (χ2v) is 6.43. The fourth-order valence-electron chi connectivity index (χ4n) is 1.42. The summed E-state index contributed by atoms with van der Waals surface area (Å²) in [5.41, 5.74) is 0. The lowest BCUT2D eigenvalue weighted by atomic mass is 10.5. The first-order valence-electron chi connectivity index (χ1n) is 5.22. The van der Waals surface area contributed by atoms with Crippen molar-refractivity contribution in [3.63, 3.8) is 0 Å². The maximum absolute atomic E-state index is 10.7. The van der Waals surface area contributed by atoms with Crippen LogP contribution in [0.3, 0.4) is 0 Å². The van der Waals surface area contributed by atoms with Gasteiger partial charge in [-0.15, -0.1) is 4.33 Å². The van der Waals surface area contributed by atoms with E-state index in [0.29, 0.717) is 30.7 Å². The monoisotopic (exact) mass is 333 g/mol. The molecule has 0 bridgehead atoms. The van der Waals surface area contributed by atoms with Gasteiger partial charge in [0, 0.05) is 30.9 Å². The molecule has 1 aliphatic heterocycles. The summed E-state index contributed by atoms with van der Waals surface area (Å²) in [4.78, 5) is 3.59. The maximum atomic E-state index is 10.7. The molecule has 0 aromatic rings. The van der Waals surface area contributed by atoms with Crippen LogP contribution >= 0.6 is 24.3 Å². The predicted octanol–water partition coefficient (Wildman–Crippen LogP) is -0.649. The molecule has 0 saturated carbocycles. The van der Waals surface area contributed by atoms with Gasteiger partial charge in [0.25, 0.3) is 10.1 Å². The van der Waals surface area contributed by atoms with Crippen LogP contribution in [0.1, 0.15) is 0 Å². The first kappa shape index (κ1) is 16.8. The highest BCUT2D eigenvalue weighted by atomic mass is 32.2. The highest BCUT2D eigenvalue weighted by molar-refractivity contribution is 7.94. The molecular weight excluding hydrogens is 318 g/mol. The molecule has 1 rings (SSSR count). The molecule has 1 fully saturated rings. The summed E-state index contributed by atoms with van der Waals surface area (Å²) in [5, 5.41) is 14.8. The predicted molar refractivity (Wildman–Crippen MR) is 72.6 cm³/mol. The van der Waals surface area contributed by atoms with Gasteiger partial charge in [0.05, 0.1) is 19.1 Å². The topological polar surface area (TPSA) is 112 Å². The van der Waals surface area contributed by atoms with Crippen molar-refractivity contribution in [2.45, 2.75) is 0 Å². The molecular formula is C7H15N3O6S3. The minimum atomic E-state index is -4.00. The molecule has 0 atom stereocenters. The van der Waals surface area contributed by atoms with Crippen LogP contribution < -0.4 is 5.32 Å². The fraction of sp³-hybridized carbons (Fsp3) is 0.857. The van der Waals surface area contributed by atoms with Gasteiger partial charge in [-0.25, -0.2) is 5.26 Å². The summed E-state index contributed by atoms with van der Waals surface area (Å²) in [6, 6.07) is 0. The molecule has 0 radical (unpaired) electrons. The van der Waals surface area contributed by atoms with Gasteiger partial charge in [-0.2, -0.15) is 8.42 Å². The highest BCUT2D eigenvalue weighted by Gasteiger charge is 2.21. The molecule has 112 valence electrons. The maximum Gasteiger partial charge on any atom is 0.266 e. The summed E-state index contributed by atoms with van der Waals surface area (Å²) >= 11 is 5.99. The third-order valence-corrected chi connectivity index (χ3v) is 3.91. The molecule has 0 spiro atoms. The van der Waals surface area contributed by atoms with E-state index >= 15 is 0 Å². The van der Waals surface area contributed by atoms with Crippen LogP contribution in [-0.4, -0.2) is 71.1 Å². The number of nitrogens with one attached hydrogen (secondary N) is 1. The van der Waals surface area contributed by atoms with Crippen molar-refractivity contribution in [2.24, 2.45) is 0 Å². The summed E-state index contributed by atoms with van der Waals surface area (Å²) in [5.74, 6) is 0.167. The van der Waals surface area contributed by atoms with Gasteiger partial charge in [0.1, 0.15) is 0 Å². The van der Waals surface area contributed by atoms with Crippen LogP contribution in [0, 0.1) is 0 Å². The van der Waals surface area contributed by atoms with E-state index < -0.39 is 10.1 Å². The normalized spacial score (nSPS) is 17.6. The van der Waals surface area contributed by atoms with Crippen molar-refractivity contribution in [2.75, 3.05) is 37.9 Å². The lowest BCUT2D eigenvalue weighted by molar-refractivity contribution is -0.432. The fourth-order valence-corrected chi connectivity index (χ4v) is 2.52. The molecule has 12 heteroatoms. The quantitative estimate of drug-likeness (QED) is 0.132. The Balaban J connectivity index is 2.33. The van der Waals surface area contributed by atoms with E-state index in [-0.39, 0.29) is 12.3 Å². The Morgan fingerprint density at radius 3 is 2.84 bits per heavy atom. The van der Waals surface area contributed by atoms with Gasteiger partial charge in [-0.1, -0.05) is 5.04 Å². The van der Waals surface area contributed by atoms with Crippen LogP contribution in [0.4, 0.5) is 0 Å². The Labute approximate surface area is 120 Å². The largest absolute Gasteiger partial charge is 0.350 e. The van der Waals surface area contributed by atoms with Gasteiger partial charge in [0.2, 0.25) is 0 Å². The summed E-state index contributed by atoms with van der Waals surface area (Å²) in [6.07, 6.45) is 0. The Morgan fingerprint density at radius 1 is 1.47 bits per heavy atom. The molecule has 1 heterocycles. The van der Waals surface area contributed by atoms with Crippen LogP contribution in [0.5, 0.6) is 0 Å². The average Bonchev–Trinajstić information content (AvgIpc) is 2.34. The van der Waals surface area contributed by atoms with E-state index in [1.807, 2.05) is 4.90 Å². The van der Waals surface area contributed by atoms with E-state index in [2.05, 4.69) is 14.7 Å². The first-order valence-corrected chi connectivity index (χ1v) is 8.15. The van der Waals surface area contributed by atoms with Crippen molar-refractivity contribution in [1.82, 2.24) is 15.1 Å². The van der Waals surface area contributed by atoms with Crippen LogP contribution in [0.2, 0.25) is 0 Å². The first-order chi connectivity index (χ1) is 8.92. The van der Waals surface area contributed by atoms with Gasteiger partial charge in [0.15, 0.2) is 5.11 Å². The number of rotatable bonds is 8. The molecule has 0 aromatic carbocycles. The third kappa shape index (κ3) is 7.22. The number of thiocarbonyl (C=S) groups is 1. The number of nitrogens with zero attached hydrogens (tertiary/aromatic N) is 2. The van der Waals surface area contributed by atoms with Crippen molar-refractivity contribution in [3.8, 4) is 0 Å². The zero-order valence-corrected chi connectivity index (χ0v) is 12.3. The molecule has 0 aliphatic carbocycles. The second-order valence-electron chi connectivity index (χ2n) is 3.69. The summed E-state index contributed by atoms with van der Waals surface area (Å²) < 4.78 is 34.4. The average molecular weight is 333 g/mol. The van der Waals surface area contributed by atoms with Gasteiger partial charge in [-0.05, 0) is 12.2 Å². The minimum Gasteiger partial charge on any atom is -0.350 e. The Hall–Kier alpha value is -0.210.